The lowest BCUT2D eigenvalue weighted by Crippen LogP contribution is -2.41. The van der Waals surface area contributed by atoms with Crippen LogP contribution in [0.1, 0.15) is 38.8 Å². The van der Waals surface area contributed by atoms with E-state index in [-0.39, 0.29) is 11.9 Å². The summed E-state index contributed by atoms with van der Waals surface area (Å²) >= 11 is 0. The monoisotopic (exact) mass is 304 g/mol. The van der Waals surface area contributed by atoms with E-state index >= 15 is 0 Å². The Morgan fingerprint density at radius 1 is 1.05 bits per heavy atom. The van der Waals surface area contributed by atoms with Crippen molar-refractivity contribution in [1.29, 1.82) is 0 Å². The summed E-state index contributed by atoms with van der Waals surface area (Å²) in [4.78, 5) is 0. The van der Waals surface area contributed by atoms with E-state index in [4.69, 9.17) is 9.31 Å². The van der Waals surface area contributed by atoms with E-state index in [1.807, 2.05) is 27.7 Å². The third-order valence-electron chi connectivity index (χ3n) is 4.07. The Labute approximate surface area is 121 Å². The third kappa shape index (κ3) is 3.24. The normalized spacial score (nSPS) is 20.9. The Bertz CT molecular complexity index is 524. The zero-order valence-electron chi connectivity index (χ0n) is 12.3. The second-order valence-corrected chi connectivity index (χ2v) is 6.19. The molecule has 0 bridgehead atoms. The van der Waals surface area contributed by atoms with Crippen molar-refractivity contribution < 1.29 is 26.9 Å². The molecule has 1 aliphatic heterocycles. The van der Waals surface area contributed by atoms with E-state index in [9.17, 15) is 17.6 Å². The minimum Gasteiger partial charge on any atom is -0.403 e. The van der Waals surface area contributed by atoms with Crippen LogP contribution in [0.2, 0.25) is 0 Å². The highest BCUT2D eigenvalue weighted by Crippen LogP contribution is 2.38. The van der Waals surface area contributed by atoms with E-state index in [0.29, 0.717) is 6.07 Å². The lowest BCUT2D eigenvalue weighted by molar-refractivity contribution is -0.137. The molecule has 7 heteroatoms. The highest BCUT2D eigenvalue weighted by atomic mass is 19.4. The van der Waals surface area contributed by atoms with Crippen molar-refractivity contribution >= 4 is 7.12 Å². The standard InChI is InChI=1S/C14H17BF4O2/c1-12(2)13(3,4)21-15(20-12)8-9-5-6-10(7-11(9)16)14(17,18)19/h5-7H,8H2,1-4H3. The number of rotatable bonds is 2. The van der Waals surface area contributed by atoms with Crippen LogP contribution in [0, 0.1) is 5.82 Å². The summed E-state index contributed by atoms with van der Waals surface area (Å²) in [7, 11) is -0.679. The average molecular weight is 304 g/mol. The SMILES string of the molecule is CC1(C)OB(Cc2ccc(C(F)(F)F)cc2F)OC1(C)C. The maximum Gasteiger partial charge on any atom is 0.462 e. The largest absolute Gasteiger partial charge is 0.462 e. The van der Waals surface area contributed by atoms with E-state index < -0.39 is 35.9 Å². The summed E-state index contributed by atoms with van der Waals surface area (Å²) in [5.74, 6) is -0.903. The zero-order chi connectivity index (χ0) is 16.1. The maximum absolute atomic E-state index is 13.8. The van der Waals surface area contributed by atoms with Crippen molar-refractivity contribution in [2.24, 2.45) is 0 Å². The van der Waals surface area contributed by atoms with Crippen LogP contribution in [0.4, 0.5) is 17.6 Å². The Hall–Kier alpha value is -1.08. The van der Waals surface area contributed by atoms with E-state index in [2.05, 4.69) is 0 Å². The molecule has 0 spiro atoms. The van der Waals surface area contributed by atoms with Gasteiger partial charge in [0.25, 0.3) is 0 Å². The Balaban J connectivity index is 2.15. The summed E-state index contributed by atoms with van der Waals surface area (Å²) in [6, 6.07) is 2.49. The molecule has 0 radical (unpaired) electrons. The van der Waals surface area contributed by atoms with Gasteiger partial charge in [-0.2, -0.15) is 13.2 Å². The van der Waals surface area contributed by atoms with Crippen LogP contribution in [0.15, 0.2) is 18.2 Å². The molecule has 1 saturated heterocycles. The maximum atomic E-state index is 13.8. The van der Waals surface area contributed by atoms with Crippen LogP contribution in [0.3, 0.4) is 0 Å². The molecule has 1 aromatic carbocycles. The number of halogens is 4. The first-order chi connectivity index (χ1) is 9.42. The second kappa shape index (κ2) is 4.99. The van der Waals surface area contributed by atoms with Gasteiger partial charge in [0.05, 0.1) is 16.8 Å². The molecule has 1 aliphatic rings. The van der Waals surface area contributed by atoms with Crippen LogP contribution in [-0.2, 0) is 21.8 Å². The van der Waals surface area contributed by atoms with Gasteiger partial charge in [0.2, 0.25) is 0 Å². The van der Waals surface area contributed by atoms with Gasteiger partial charge in [-0.25, -0.2) is 4.39 Å². The lowest BCUT2D eigenvalue weighted by atomic mass is 9.80. The molecule has 2 nitrogen and oxygen atoms in total. The predicted molar refractivity (Wildman–Crippen MR) is 71.2 cm³/mol. The Morgan fingerprint density at radius 2 is 1.57 bits per heavy atom. The molecule has 0 amide bonds. The number of hydrogen-bond donors (Lipinski definition) is 0. The van der Waals surface area contributed by atoms with Gasteiger partial charge in [0, 0.05) is 6.32 Å². The van der Waals surface area contributed by atoms with Gasteiger partial charge in [-0.3, -0.25) is 0 Å². The first-order valence-corrected chi connectivity index (χ1v) is 6.64. The number of hydrogen-bond acceptors (Lipinski definition) is 2. The fourth-order valence-corrected chi connectivity index (χ4v) is 2.12. The van der Waals surface area contributed by atoms with Crippen LogP contribution >= 0.6 is 0 Å². The van der Waals surface area contributed by atoms with E-state index in [0.717, 1.165) is 12.1 Å². The molecule has 116 valence electrons. The molecule has 21 heavy (non-hydrogen) atoms. The van der Waals surface area contributed by atoms with Gasteiger partial charge in [-0.1, -0.05) is 6.07 Å². The highest BCUT2D eigenvalue weighted by Gasteiger charge is 2.51. The molecule has 1 aromatic rings. The molecule has 0 unspecified atom stereocenters. The second-order valence-electron chi connectivity index (χ2n) is 6.19. The molecular weight excluding hydrogens is 287 g/mol. The minimum absolute atomic E-state index is 0.0663. The average Bonchev–Trinajstić information content (AvgIpc) is 2.48. The highest BCUT2D eigenvalue weighted by molar-refractivity contribution is 6.45. The summed E-state index contributed by atoms with van der Waals surface area (Å²) in [6.07, 6.45) is -4.49. The van der Waals surface area contributed by atoms with Crippen molar-refractivity contribution in [2.45, 2.75) is 51.4 Å². The van der Waals surface area contributed by atoms with Crippen molar-refractivity contribution in [3.63, 3.8) is 0 Å². The van der Waals surface area contributed by atoms with Crippen molar-refractivity contribution in [1.82, 2.24) is 0 Å². The predicted octanol–water partition coefficient (Wildman–Crippen LogP) is 4.02. The van der Waals surface area contributed by atoms with E-state index in [1.54, 1.807) is 0 Å². The molecule has 0 N–H and O–H groups in total. The first-order valence-electron chi connectivity index (χ1n) is 6.64. The quantitative estimate of drug-likeness (QED) is 0.607. The van der Waals surface area contributed by atoms with Crippen LogP contribution in [0.5, 0.6) is 0 Å². The lowest BCUT2D eigenvalue weighted by Gasteiger charge is -2.32. The van der Waals surface area contributed by atoms with Crippen molar-refractivity contribution in [3.05, 3.63) is 35.1 Å². The molecule has 0 aliphatic carbocycles. The molecule has 0 atom stereocenters. The van der Waals surface area contributed by atoms with Crippen LogP contribution in [-0.4, -0.2) is 18.3 Å². The fraction of sp³-hybridized carbons (Fsp3) is 0.571. The molecule has 1 fully saturated rings. The first kappa shape index (κ1) is 16.3. The molecule has 0 saturated carbocycles. The molecule has 0 aromatic heterocycles. The third-order valence-corrected chi connectivity index (χ3v) is 4.07. The van der Waals surface area contributed by atoms with Crippen molar-refractivity contribution in [2.75, 3.05) is 0 Å². The Kier molecular flexibility index (Phi) is 3.87. The van der Waals surface area contributed by atoms with Gasteiger partial charge in [0.1, 0.15) is 5.82 Å². The van der Waals surface area contributed by atoms with Gasteiger partial charge in [-0.05, 0) is 45.4 Å². The zero-order valence-corrected chi connectivity index (χ0v) is 12.3. The van der Waals surface area contributed by atoms with Gasteiger partial charge in [0.15, 0.2) is 0 Å². The summed E-state index contributed by atoms with van der Waals surface area (Å²) < 4.78 is 62.7. The summed E-state index contributed by atoms with van der Waals surface area (Å²) in [5.41, 5.74) is -1.97. The fourth-order valence-electron chi connectivity index (χ4n) is 2.12. The summed E-state index contributed by atoms with van der Waals surface area (Å²) in [5, 5.41) is 0. The van der Waals surface area contributed by atoms with Crippen molar-refractivity contribution in [3.8, 4) is 0 Å². The van der Waals surface area contributed by atoms with Crippen LogP contribution in [0.25, 0.3) is 0 Å². The minimum atomic E-state index is -4.55. The number of alkyl halides is 3. The smallest absolute Gasteiger partial charge is 0.403 e. The molecule has 2 rings (SSSR count). The summed E-state index contributed by atoms with van der Waals surface area (Å²) in [6.45, 7) is 7.43. The van der Waals surface area contributed by atoms with Crippen LogP contribution < -0.4 is 0 Å². The van der Waals surface area contributed by atoms with Gasteiger partial charge in [-0.15, -0.1) is 0 Å². The molecule has 1 heterocycles. The Morgan fingerprint density at radius 3 is 2.00 bits per heavy atom. The van der Waals surface area contributed by atoms with Gasteiger partial charge < -0.3 is 9.31 Å². The topological polar surface area (TPSA) is 18.5 Å². The van der Waals surface area contributed by atoms with E-state index in [1.165, 1.54) is 0 Å². The molecular formula is C14H17BF4O2. The number of benzene rings is 1. The van der Waals surface area contributed by atoms with Gasteiger partial charge >= 0.3 is 13.3 Å².